The highest BCUT2D eigenvalue weighted by atomic mass is 16.5. The number of Topliss-reactive ketones (excluding diaryl/α,β-unsaturated/α-hetero) is 1. The van der Waals surface area contributed by atoms with Crippen molar-refractivity contribution < 1.29 is 14.1 Å². The van der Waals surface area contributed by atoms with E-state index < -0.39 is 0 Å². The normalized spacial score (nSPS) is 19.9. The summed E-state index contributed by atoms with van der Waals surface area (Å²) in [5.74, 6) is 0.847. The highest BCUT2D eigenvalue weighted by Crippen LogP contribution is 2.26. The van der Waals surface area contributed by atoms with Crippen molar-refractivity contribution in [1.82, 2.24) is 15.8 Å². The Morgan fingerprint density at radius 2 is 2.08 bits per heavy atom. The zero-order valence-corrected chi connectivity index (χ0v) is 15.0. The minimum atomic E-state index is -0.123. The second-order valence-corrected chi connectivity index (χ2v) is 6.92. The van der Waals surface area contributed by atoms with Crippen molar-refractivity contribution >= 4 is 11.7 Å². The minimum absolute atomic E-state index is 0.0790. The van der Waals surface area contributed by atoms with E-state index in [0.717, 1.165) is 30.8 Å². The molecule has 6 nitrogen and oxygen atoms in total. The van der Waals surface area contributed by atoms with Gasteiger partial charge in [0.05, 0.1) is 5.69 Å². The molecule has 1 aromatic heterocycles. The number of hydrogen-bond donors (Lipinski definition) is 2. The summed E-state index contributed by atoms with van der Waals surface area (Å²) in [7, 11) is 0. The van der Waals surface area contributed by atoms with Crippen LogP contribution in [-0.2, 0) is 17.8 Å². The van der Waals surface area contributed by atoms with Crippen molar-refractivity contribution in [2.75, 3.05) is 13.1 Å². The third-order valence-electron chi connectivity index (χ3n) is 4.92. The predicted octanol–water partition coefficient (Wildman–Crippen LogP) is 2.35. The number of hydrogen-bond acceptors (Lipinski definition) is 5. The van der Waals surface area contributed by atoms with Crippen LogP contribution < -0.4 is 10.6 Å². The first-order valence-electron chi connectivity index (χ1n) is 9.09. The minimum Gasteiger partial charge on any atom is -0.353 e. The number of piperidine rings is 1. The van der Waals surface area contributed by atoms with Crippen molar-refractivity contribution in [2.24, 2.45) is 11.8 Å². The highest BCUT2D eigenvalue weighted by molar-refractivity contribution is 5.91. The number of nitrogens with zero attached hydrogens (tertiary/aromatic N) is 1. The number of carbonyl (C=O) groups is 2. The Morgan fingerprint density at radius 3 is 2.81 bits per heavy atom. The molecule has 1 amide bonds. The van der Waals surface area contributed by atoms with Gasteiger partial charge in [-0.3, -0.25) is 9.59 Å². The van der Waals surface area contributed by atoms with Gasteiger partial charge in [0.2, 0.25) is 11.7 Å². The van der Waals surface area contributed by atoms with Gasteiger partial charge in [0.1, 0.15) is 0 Å². The van der Waals surface area contributed by atoms with E-state index >= 15 is 0 Å². The average Bonchev–Trinajstić information content (AvgIpc) is 3.11. The first kappa shape index (κ1) is 18.3. The lowest BCUT2D eigenvalue weighted by Gasteiger charge is -2.31. The van der Waals surface area contributed by atoms with E-state index in [1.807, 2.05) is 30.3 Å². The second kappa shape index (κ2) is 8.76. The van der Waals surface area contributed by atoms with Crippen LogP contribution in [0.1, 0.15) is 41.6 Å². The standard InChI is InChI=1S/C20H25N3O3/c1-14(24)19-11-18(23-26-19)9-17-13-21-8-7-16(17)10-20(25)22-12-15-5-3-2-4-6-15/h2-6,11,16-17,21H,7-10,12-13H2,1H3,(H,22,25). The molecule has 1 fully saturated rings. The zero-order valence-electron chi connectivity index (χ0n) is 15.0. The summed E-state index contributed by atoms with van der Waals surface area (Å²) in [5.41, 5.74) is 1.88. The van der Waals surface area contributed by atoms with Gasteiger partial charge in [-0.2, -0.15) is 0 Å². The maximum Gasteiger partial charge on any atom is 0.220 e. The van der Waals surface area contributed by atoms with Gasteiger partial charge >= 0.3 is 0 Å². The molecule has 3 rings (SSSR count). The molecule has 0 radical (unpaired) electrons. The first-order valence-corrected chi connectivity index (χ1v) is 9.09. The van der Waals surface area contributed by atoms with E-state index in [0.29, 0.717) is 37.0 Å². The number of nitrogens with one attached hydrogen (secondary N) is 2. The van der Waals surface area contributed by atoms with Gasteiger partial charge in [0, 0.05) is 26.0 Å². The summed E-state index contributed by atoms with van der Waals surface area (Å²) in [6.07, 6.45) is 2.18. The molecule has 2 N–H and O–H groups in total. The van der Waals surface area contributed by atoms with Crippen LogP contribution >= 0.6 is 0 Å². The number of amides is 1. The smallest absolute Gasteiger partial charge is 0.220 e. The number of carbonyl (C=O) groups excluding carboxylic acids is 2. The Hall–Kier alpha value is -2.47. The molecule has 0 bridgehead atoms. The third-order valence-corrected chi connectivity index (χ3v) is 4.92. The quantitative estimate of drug-likeness (QED) is 0.745. The largest absolute Gasteiger partial charge is 0.353 e. The fraction of sp³-hybridized carbons (Fsp3) is 0.450. The van der Waals surface area contributed by atoms with E-state index in [2.05, 4.69) is 15.8 Å². The van der Waals surface area contributed by atoms with Crippen LogP contribution in [0, 0.1) is 11.8 Å². The Kier molecular flexibility index (Phi) is 6.17. The molecule has 0 aliphatic carbocycles. The first-order chi connectivity index (χ1) is 12.6. The fourth-order valence-corrected chi connectivity index (χ4v) is 3.43. The Bertz CT molecular complexity index is 742. The molecule has 0 spiro atoms. The Morgan fingerprint density at radius 1 is 1.27 bits per heavy atom. The summed E-state index contributed by atoms with van der Waals surface area (Å²) in [6, 6.07) is 11.6. The van der Waals surface area contributed by atoms with Crippen LogP contribution in [0.15, 0.2) is 40.9 Å². The molecular weight excluding hydrogens is 330 g/mol. The molecule has 2 unspecified atom stereocenters. The Labute approximate surface area is 153 Å². The third kappa shape index (κ3) is 5.02. The lowest BCUT2D eigenvalue weighted by Crippen LogP contribution is -2.40. The van der Waals surface area contributed by atoms with Crippen molar-refractivity contribution in [3.63, 3.8) is 0 Å². The van der Waals surface area contributed by atoms with Crippen molar-refractivity contribution in [3.05, 3.63) is 53.4 Å². The van der Waals surface area contributed by atoms with Gasteiger partial charge in [-0.1, -0.05) is 35.5 Å². The average molecular weight is 355 g/mol. The van der Waals surface area contributed by atoms with Crippen LogP contribution in [0.25, 0.3) is 0 Å². The number of aromatic nitrogens is 1. The van der Waals surface area contributed by atoms with Crippen LogP contribution in [0.5, 0.6) is 0 Å². The molecule has 1 aliphatic heterocycles. The number of ketones is 1. The lowest BCUT2D eigenvalue weighted by molar-refractivity contribution is -0.122. The van der Waals surface area contributed by atoms with Gasteiger partial charge in [0.25, 0.3) is 0 Å². The van der Waals surface area contributed by atoms with Crippen LogP contribution in [0.3, 0.4) is 0 Å². The van der Waals surface area contributed by atoms with Crippen LogP contribution in [0.2, 0.25) is 0 Å². The lowest BCUT2D eigenvalue weighted by atomic mass is 9.81. The second-order valence-electron chi connectivity index (χ2n) is 6.92. The number of benzene rings is 1. The predicted molar refractivity (Wildman–Crippen MR) is 97.6 cm³/mol. The van der Waals surface area contributed by atoms with Gasteiger partial charge < -0.3 is 15.2 Å². The fourth-order valence-electron chi connectivity index (χ4n) is 3.43. The van der Waals surface area contributed by atoms with Crippen LogP contribution in [0.4, 0.5) is 0 Å². The van der Waals surface area contributed by atoms with E-state index in [9.17, 15) is 9.59 Å². The number of rotatable bonds is 7. The molecule has 6 heteroatoms. The van der Waals surface area contributed by atoms with Crippen molar-refractivity contribution in [2.45, 2.75) is 32.7 Å². The summed E-state index contributed by atoms with van der Waals surface area (Å²) < 4.78 is 5.07. The topological polar surface area (TPSA) is 84.2 Å². The molecule has 1 aromatic carbocycles. The highest BCUT2D eigenvalue weighted by Gasteiger charge is 2.28. The SMILES string of the molecule is CC(=O)c1cc(CC2CNCCC2CC(=O)NCc2ccccc2)no1. The van der Waals surface area contributed by atoms with Crippen molar-refractivity contribution in [3.8, 4) is 0 Å². The van der Waals surface area contributed by atoms with E-state index in [4.69, 9.17) is 4.52 Å². The zero-order chi connectivity index (χ0) is 18.4. The Balaban J connectivity index is 1.54. The maximum atomic E-state index is 12.4. The summed E-state index contributed by atoms with van der Waals surface area (Å²) in [5, 5.41) is 10.4. The molecular formula is C20H25N3O3. The van der Waals surface area contributed by atoms with Gasteiger partial charge in [0.15, 0.2) is 5.78 Å². The molecule has 2 atom stereocenters. The van der Waals surface area contributed by atoms with Crippen molar-refractivity contribution in [1.29, 1.82) is 0 Å². The van der Waals surface area contributed by atoms with Crippen LogP contribution in [-0.4, -0.2) is 29.9 Å². The molecule has 138 valence electrons. The van der Waals surface area contributed by atoms with Gasteiger partial charge in [-0.15, -0.1) is 0 Å². The van der Waals surface area contributed by atoms with E-state index in [-0.39, 0.29) is 11.7 Å². The molecule has 26 heavy (non-hydrogen) atoms. The molecule has 0 saturated carbocycles. The van der Waals surface area contributed by atoms with Gasteiger partial charge in [-0.25, -0.2) is 0 Å². The summed E-state index contributed by atoms with van der Waals surface area (Å²) in [4.78, 5) is 23.7. The summed E-state index contributed by atoms with van der Waals surface area (Å²) in [6.45, 7) is 3.79. The molecule has 2 aromatic rings. The maximum absolute atomic E-state index is 12.4. The van der Waals surface area contributed by atoms with E-state index in [1.54, 1.807) is 6.07 Å². The molecule has 1 aliphatic rings. The van der Waals surface area contributed by atoms with E-state index in [1.165, 1.54) is 6.92 Å². The molecule has 1 saturated heterocycles. The summed E-state index contributed by atoms with van der Waals surface area (Å²) >= 11 is 0. The molecule has 2 heterocycles. The monoisotopic (exact) mass is 355 g/mol. The van der Waals surface area contributed by atoms with Gasteiger partial charge in [-0.05, 0) is 43.3 Å².